The fourth-order valence-corrected chi connectivity index (χ4v) is 4.10. The predicted octanol–water partition coefficient (Wildman–Crippen LogP) is 5.16. The highest BCUT2D eigenvalue weighted by atomic mass is 16.6. The number of fused-ring (bicyclic) bond motifs is 2. The van der Waals surface area contributed by atoms with Crippen LogP contribution in [-0.4, -0.2) is 29.7 Å². The summed E-state index contributed by atoms with van der Waals surface area (Å²) in [6, 6.07) is 13.9. The molecular formula is C25H25N3O5. The molecule has 1 amide bonds. The minimum Gasteiger partial charge on any atom is -0.490 e. The smallest absolute Gasteiger partial charge is 0.310 e. The summed E-state index contributed by atoms with van der Waals surface area (Å²) in [4.78, 5) is 23.7. The molecule has 8 nitrogen and oxygen atoms in total. The number of aliphatic hydroxyl groups excluding tert-OH is 1. The number of ether oxygens (including phenoxy) is 1. The van der Waals surface area contributed by atoms with Crippen LogP contribution in [0.15, 0.2) is 48.5 Å². The molecule has 3 N–H and O–H groups in total. The maximum atomic E-state index is 13.0. The summed E-state index contributed by atoms with van der Waals surface area (Å²) in [6.07, 6.45) is 0. The molecule has 3 aromatic rings. The fraction of sp³-hybridized carbons (Fsp3) is 0.240. The lowest BCUT2D eigenvalue weighted by Crippen LogP contribution is -2.23. The monoisotopic (exact) mass is 447 g/mol. The molecule has 170 valence electrons. The normalized spacial score (nSPS) is 12.7. The highest BCUT2D eigenvalue weighted by molar-refractivity contribution is 6.12. The van der Waals surface area contributed by atoms with Crippen molar-refractivity contribution in [2.24, 2.45) is 0 Å². The molecule has 0 aromatic heterocycles. The van der Waals surface area contributed by atoms with E-state index in [0.717, 1.165) is 27.9 Å². The van der Waals surface area contributed by atoms with E-state index in [0.29, 0.717) is 16.9 Å². The first-order valence-electron chi connectivity index (χ1n) is 10.5. The summed E-state index contributed by atoms with van der Waals surface area (Å²) >= 11 is 0. The van der Waals surface area contributed by atoms with Crippen LogP contribution in [0.3, 0.4) is 0 Å². The van der Waals surface area contributed by atoms with Crippen LogP contribution in [0.4, 0.5) is 22.7 Å². The Balaban J connectivity index is 1.78. The van der Waals surface area contributed by atoms with E-state index >= 15 is 0 Å². The SMILES string of the molecule is COc1cc(-c2ccc3c(c2)Nc2cc(C)c(C(C)(C)CO)cc2NC3=O)ccc1[N+](=O)[O-]. The topological polar surface area (TPSA) is 114 Å². The van der Waals surface area contributed by atoms with Crippen LogP contribution < -0.4 is 15.4 Å². The number of rotatable bonds is 5. The zero-order chi connectivity index (χ0) is 23.9. The van der Waals surface area contributed by atoms with Gasteiger partial charge in [-0.15, -0.1) is 0 Å². The molecule has 33 heavy (non-hydrogen) atoms. The van der Waals surface area contributed by atoms with Gasteiger partial charge in [0.1, 0.15) is 0 Å². The van der Waals surface area contributed by atoms with Gasteiger partial charge in [-0.25, -0.2) is 0 Å². The molecule has 1 heterocycles. The second-order valence-corrected chi connectivity index (χ2v) is 8.74. The van der Waals surface area contributed by atoms with Crippen LogP contribution in [0.5, 0.6) is 5.75 Å². The van der Waals surface area contributed by atoms with E-state index in [1.165, 1.54) is 13.2 Å². The third-order valence-electron chi connectivity index (χ3n) is 5.98. The van der Waals surface area contributed by atoms with Crippen molar-refractivity contribution in [1.82, 2.24) is 0 Å². The van der Waals surface area contributed by atoms with Crippen LogP contribution in [0.25, 0.3) is 11.1 Å². The second-order valence-electron chi connectivity index (χ2n) is 8.74. The fourth-order valence-electron chi connectivity index (χ4n) is 4.10. The molecule has 0 unspecified atom stereocenters. The Morgan fingerprint density at radius 2 is 1.67 bits per heavy atom. The van der Waals surface area contributed by atoms with E-state index in [1.54, 1.807) is 24.3 Å². The maximum absolute atomic E-state index is 13.0. The first-order valence-corrected chi connectivity index (χ1v) is 10.5. The van der Waals surface area contributed by atoms with Gasteiger partial charge < -0.3 is 20.5 Å². The highest BCUT2D eigenvalue weighted by Gasteiger charge is 2.26. The number of nitro groups is 1. The molecule has 1 aliphatic rings. The number of amides is 1. The van der Waals surface area contributed by atoms with E-state index in [9.17, 15) is 20.0 Å². The van der Waals surface area contributed by atoms with Gasteiger partial charge in [-0.05, 0) is 65.6 Å². The molecule has 0 radical (unpaired) electrons. The number of aliphatic hydroxyl groups is 1. The number of nitro benzene ring substituents is 1. The van der Waals surface area contributed by atoms with E-state index in [4.69, 9.17) is 4.74 Å². The molecular weight excluding hydrogens is 422 g/mol. The van der Waals surface area contributed by atoms with Crippen molar-refractivity contribution in [1.29, 1.82) is 0 Å². The van der Waals surface area contributed by atoms with Gasteiger partial charge in [-0.1, -0.05) is 19.9 Å². The third-order valence-corrected chi connectivity index (χ3v) is 5.98. The first-order chi connectivity index (χ1) is 15.6. The summed E-state index contributed by atoms with van der Waals surface area (Å²) in [5.41, 5.74) is 5.37. The number of anilines is 3. The number of carbonyl (C=O) groups excluding carboxylic acids is 1. The molecule has 0 saturated carbocycles. The van der Waals surface area contributed by atoms with Crippen molar-refractivity contribution in [3.05, 3.63) is 75.3 Å². The first kappa shape index (κ1) is 22.3. The van der Waals surface area contributed by atoms with Crippen molar-refractivity contribution < 1.29 is 19.6 Å². The van der Waals surface area contributed by atoms with Gasteiger partial charge in [0.25, 0.3) is 5.91 Å². The van der Waals surface area contributed by atoms with Gasteiger partial charge in [0.05, 0.1) is 41.3 Å². The minimum atomic E-state index is -0.489. The lowest BCUT2D eigenvalue weighted by Gasteiger charge is -2.26. The Bertz CT molecular complexity index is 1280. The summed E-state index contributed by atoms with van der Waals surface area (Å²) in [5.74, 6) is -0.0844. The summed E-state index contributed by atoms with van der Waals surface area (Å²) in [7, 11) is 1.39. The number of nitrogens with one attached hydrogen (secondary N) is 2. The summed E-state index contributed by atoms with van der Waals surface area (Å²) < 4.78 is 5.19. The summed E-state index contributed by atoms with van der Waals surface area (Å²) in [6.45, 7) is 5.86. The molecule has 1 aliphatic heterocycles. The Hall–Kier alpha value is -3.91. The molecule has 0 saturated heterocycles. The van der Waals surface area contributed by atoms with Crippen molar-refractivity contribution in [2.75, 3.05) is 24.4 Å². The molecule has 8 heteroatoms. The number of benzene rings is 3. The van der Waals surface area contributed by atoms with Gasteiger partial charge in [-0.2, -0.15) is 0 Å². The number of nitrogens with zero attached hydrogens (tertiary/aromatic N) is 1. The largest absolute Gasteiger partial charge is 0.490 e. The van der Waals surface area contributed by atoms with Crippen LogP contribution in [0.1, 0.15) is 35.3 Å². The Kier molecular flexibility index (Phi) is 5.55. The molecule has 0 atom stereocenters. The molecule has 0 aliphatic carbocycles. The van der Waals surface area contributed by atoms with E-state index in [1.807, 2.05) is 39.0 Å². The lowest BCUT2D eigenvalue weighted by molar-refractivity contribution is -0.385. The van der Waals surface area contributed by atoms with Crippen molar-refractivity contribution in [2.45, 2.75) is 26.2 Å². The lowest BCUT2D eigenvalue weighted by atomic mass is 9.82. The van der Waals surface area contributed by atoms with E-state index in [-0.39, 0.29) is 24.0 Å². The average Bonchev–Trinajstić information content (AvgIpc) is 2.92. The number of hydrogen-bond donors (Lipinski definition) is 3. The molecule has 0 bridgehead atoms. The Labute approximate surface area is 191 Å². The van der Waals surface area contributed by atoms with Gasteiger partial charge in [0.15, 0.2) is 5.75 Å². The number of hydrogen-bond acceptors (Lipinski definition) is 6. The summed E-state index contributed by atoms with van der Waals surface area (Å²) in [5, 5.41) is 27.3. The third kappa shape index (κ3) is 4.01. The van der Waals surface area contributed by atoms with Gasteiger partial charge >= 0.3 is 5.69 Å². The second kappa shape index (κ2) is 8.22. The number of methoxy groups -OCH3 is 1. The van der Waals surface area contributed by atoms with Crippen LogP contribution in [0, 0.1) is 17.0 Å². The standard InChI is InChI=1S/C25H25N3O5/c1-14-9-20-21(12-18(14)25(2,3)13-29)27-24(30)17-7-5-15(10-19(17)26-20)16-6-8-22(28(31)32)23(11-16)33-4/h5-12,26,29H,13H2,1-4H3,(H,27,30). The van der Waals surface area contributed by atoms with Crippen LogP contribution in [0.2, 0.25) is 0 Å². The van der Waals surface area contributed by atoms with Gasteiger partial charge in [-0.3, -0.25) is 14.9 Å². The molecule has 4 rings (SSSR count). The minimum absolute atomic E-state index is 0.0176. The maximum Gasteiger partial charge on any atom is 0.310 e. The Morgan fingerprint density at radius 3 is 2.33 bits per heavy atom. The zero-order valence-corrected chi connectivity index (χ0v) is 18.9. The number of carbonyl (C=O) groups is 1. The van der Waals surface area contributed by atoms with Gasteiger partial charge in [0, 0.05) is 11.5 Å². The predicted molar refractivity (Wildman–Crippen MR) is 128 cm³/mol. The van der Waals surface area contributed by atoms with Crippen LogP contribution >= 0.6 is 0 Å². The quantitative estimate of drug-likeness (QED) is 0.368. The zero-order valence-electron chi connectivity index (χ0n) is 18.9. The van der Waals surface area contributed by atoms with Crippen molar-refractivity contribution >= 4 is 28.7 Å². The average molecular weight is 447 g/mol. The molecule has 0 fully saturated rings. The highest BCUT2D eigenvalue weighted by Crippen LogP contribution is 2.39. The van der Waals surface area contributed by atoms with Gasteiger partial charge in [0.2, 0.25) is 0 Å². The molecule has 0 spiro atoms. The number of aryl methyl sites for hydroxylation is 1. The molecule has 3 aromatic carbocycles. The van der Waals surface area contributed by atoms with Crippen LogP contribution in [-0.2, 0) is 5.41 Å². The van der Waals surface area contributed by atoms with Crippen molar-refractivity contribution in [3.8, 4) is 16.9 Å². The Morgan fingerprint density at radius 1 is 1.00 bits per heavy atom. The van der Waals surface area contributed by atoms with E-state index in [2.05, 4.69) is 10.6 Å². The van der Waals surface area contributed by atoms with E-state index < -0.39 is 10.3 Å². The van der Waals surface area contributed by atoms with Crippen molar-refractivity contribution in [3.63, 3.8) is 0 Å².